The predicted octanol–water partition coefficient (Wildman–Crippen LogP) is 5.10. The van der Waals surface area contributed by atoms with Crippen LogP contribution in [0, 0.1) is 0 Å². The summed E-state index contributed by atoms with van der Waals surface area (Å²) in [5, 5.41) is 0.615. The van der Waals surface area contributed by atoms with Crippen LogP contribution in [-0.4, -0.2) is 28.0 Å². The topological polar surface area (TPSA) is 41.8 Å². The molecule has 4 aromatic rings. The number of amides is 1. The fourth-order valence-electron chi connectivity index (χ4n) is 3.41. The Morgan fingerprint density at radius 3 is 2.34 bits per heavy atom. The fourth-order valence-corrected chi connectivity index (χ4v) is 3.53. The summed E-state index contributed by atoms with van der Waals surface area (Å²) in [6.45, 7) is 0.366. The molecule has 0 aliphatic heterocycles. The molecular weight excluding hydrogens is 384 g/mol. The normalized spacial score (nSPS) is 10.8. The van der Waals surface area contributed by atoms with Gasteiger partial charge in [0.05, 0.1) is 0 Å². The quantitative estimate of drug-likeness (QED) is 0.344. The van der Waals surface area contributed by atoms with Crippen LogP contribution in [0.2, 0.25) is 5.02 Å². The number of ketones is 1. The number of benzene rings is 2. The number of likely N-dealkylation sites (N-methyl/N-ethyl adjacent to an activating group) is 1. The Bertz CT molecular complexity index is 1180. The Hall–Kier alpha value is -3.37. The van der Waals surface area contributed by atoms with Gasteiger partial charge in [-0.2, -0.15) is 0 Å². The summed E-state index contributed by atoms with van der Waals surface area (Å²) < 4.78 is 1.76. The fraction of sp³-hybridized carbons (Fsp3) is 0.0833. The molecule has 0 aliphatic rings. The second-order valence-electron chi connectivity index (χ2n) is 6.88. The number of halogens is 1. The van der Waals surface area contributed by atoms with Crippen molar-refractivity contribution in [2.24, 2.45) is 0 Å². The lowest BCUT2D eigenvalue weighted by Gasteiger charge is -2.17. The van der Waals surface area contributed by atoms with E-state index in [-0.39, 0.29) is 0 Å². The largest absolute Gasteiger partial charge is 0.334 e. The number of Topliss-reactive ketones (excluding diaryl/α,β-unsaturated/α-hetero) is 1. The summed E-state index contributed by atoms with van der Waals surface area (Å²) in [6.07, 6.45) is 1.80. The lowest BCUT2D eigenvalue weighted by atomic mass is 10.0. The number of hydrogen-bond acceptors (Lipinski definition) is 2. The van der Waals surface area contributed by atoms with Crippen LogP contribution in [0.1, 0.15) is 16.1 Å². The second-order valence-corrected chi connectivity index (χ2v) is 7.32. The molecule has 4 rings (SSSR count). The Morgan fingerprint density at radius 1 is 0.931 bits per heavy atom. The third kappa shape index (κ3) is 3.80. The molecule has 0 radical (unpaired) electrons. The molecule has 0 saturated heterocycles. The predicted molar refractivity (Wildman–Crippen MR) is 115 cm³/mol. The molecule has 0 unspecified atom stereocenters. The number of carbonyl (C=O) groups excluding carboxylic acids is 2. The van der Waals surface area contributed by atoms with E-state index in [1.807, 2.05) is 66.7 Å². The van der Waals surface area contributed by atoms with E-state index in [1.165, 1.54) is 4.90 Å². The van der Waals surface area contributed by atoms with Crippen molar-refractivity contribution in [1.82, 2.24) is 9.30 Å². The van der Waals surface area contributed by atoms with Gasteiger partial charge >= 0.3 is 0 Å². The Morgan fingerprint density at radius 2 is 1.62 bits per heavy atom. The first-order valence-electron chi connectivity index (χ1n) is 9.24. The zero-order valence-electron chi connectivity index (χ0n) is 15.9. The molecule has 2 aromatic heterocycles. The third-order valence-corrected chi connectivity index (χ3v) is 5.11. The molecule has 0 fully saturated rings. The molecule has 2 heterocycles. The second kappa shape index (κ2) is 7.94. The number of hydrogen-bond donors (Lipinski definition) is 0. The standard InChI is InChI=1S/C24H19ClN2O2/c1-26(16-17-7-3-2-4-8-17)24(29)23(28)22-21(18-10-12-19(25)13-11-18)15-20-9-5-6-14-27(20)22/h2-15H,16H2,1H3. The third-order valence-electron chi connectivity index (χ3n) is 4.85. The minimum Gasteiger partial charge on any atom is -0.334 e. The van der Waals surface area contributed by atoms with Crippen LogP contribution in [0.4, 0.5) is 0 Å². The minimum atomic E-state index is -0.548. The van der Waals surface area contributed by atoms with Gasteiger partial charge in [-0.3, -0.25) is 9.59 Å². The molecule has 5 heteroatoms. The van der Waals surface area contributed by atoms with Crippen molar-refractivity contribution in [2.75, 3.05) is 7.05 Å². The van der Waals surface area contributed by atoms with Crippen LogP contribution >= 0.6 is 11.6 Å². The van der Waals surface area contributed by atoms with Gasteiger partial charge in [-0.15, -0.1) is 0 Å². The summed E-state index contributed by atoms with van der Waals surface area (Å²) in [6, 6.07) is 24.4. The summed E-state index contributed by atoms with van der Waals surface area (Å²) in [5.41, 5.74) is 3.71. The van der Waals surface area contributed by atoms with Crippen LogP contribution < -0.4 is 0 Å². The van der Waals surface area contributed by atoms with Crippen molar-refractivity contribution < 1.29 is 9.59 Å². The van der Waals surface area contributed by atoms with Gasteiger partial charge in [0.15, 0.2) is 0 Å². The van der Waals surface area contributed by atoms with E-state index in [9.17, 15) is 9.59 Å². The lowest BCUT2D eigenvalue weighted by Crippen LogP contribution is -2.33. The van der Waals surface area contributed by atoms with Crippen molar-refractivity contribution in [1.29, 1.82) is 0 Å². The van der Waals surface area contributed by atoms with Gasteiger partial charge in [0.25, 0.3) is 11.7 Å². The maximum absolute atomic E-state index is 13.3. The zero-order valence-corrected chi connectivity index (χ0v) is 16.6. The summed E-state index contributed by atoms with van der Waals surface area (Å²) in [4.78, 5) is 27.7. The number of aromatic nitrogens is 1. The van der Waals surface area contributed by atoms with E-state index in [4.69, 9.17) is 11.6 Å². The van der Waals surface area contributed by atoms with Gasteiger partial charge in [0.1, 0.15) is 5.69 Å². The molecule has 2 aromatic carbocycles. The Kier molecular flexibility index (Phi) is 5.19. The van der Waals surface area contributed by atoms with Crippen molar-refractivity contribution in [3.8, 4) is 11.1 Å². The highest BCUT2D eigenvalue weighted by atomic mass is 35.5. The smallest absolute Gasteiger partial charge is 0.296 e. The van der Waals surface area contributed by atoms with Crippen LogP contribution in [-0.2, 0) is 11.3 Å². The number of rotatable bonds is 5. The maximum atomic E-state index is 13.3. The molecule has 0 saturated carbocycles. The maximum Gasteiger partial charge on any atom is 0.296 e. The molecule has 0 atom stereocenters. The lowest BCUT2D eigenvalue weighted by molar-refractivity contribution is -0.125. The highest BCUT2D eigenvalue weighted by Gasteiger charge is 2.27. The molecule has 0 bridgehead atoms. The van der Waals surface area contributed by atoms with Crippen molar-refractivity contribution in [3.63, 3.8) is 0 Å². The van der Waals surface area contributed by atoms with Gasteiger partial charge < -0.3 is 9.30 Å². The van der Waals surface area contributed by atoms with E-state index in [0.717, 1.165) is 16.6 Å². The zero-order chi connectivity index (χ0) is 20.4. The SMILES string of the molecule is CN(Cc1ccccc1)C(=O)C(=O)c1c(-c2ccc(Cl)cc2)cc2ccccn12. The molecular formula is C24H19ClN2O2. The van der Waals surface area contributed by atoms with Gasteiger partial charge in [-0.25, -0.2) is 0 Å². The van der Waals surface area contributed by atoms with E-state index in [2.05, 4.69) is 0 Å². The van der Waals surface area contributed by atoms with Crippen molar-refractivity contribution in [3.05, 3.63) is 101 Å². The Labute approximate surface area is 174 Å². The van der Waals surface area contributed by atoms with Crippen molar-refractivity contribution in [2.45, 2.75) is 6.54 Å². The van der Waals surface area contributed by atoms with Gasteiger partial charge in [0.2, 0.25) is 0 Å². The molecule has 0 spiro atoms. The van der Waals surface area contributed by atoms with Gasteiger partial charge in [0, 0.05) is 35.9 Å². The number of fused-ring (bicyclic) bond motifs is 1. The van der Waals surface area contributed by atoms with Crippen LogP contribution in [0.3, 0.4) is 0 Å². The van der Waals surface area contributed by atoms with E-state index < -0.39 is 11.7 Å². The van der Waals surface area contributed by atoms with Gasteiger partial charge in [-0.1, -0.05) is 60.1 Å². The van der Waals surface area contributed by atoms with Crippen LogP contribution in [0.5, 0.6) is 0 Å². The molecule has 0 N–H and O–H groups in total. The van der Waals surface area contributed by atoms with Crippen LogP contribution in [0.25, 0.3) is 16.6 Å². The first-order valence-corrected chi connectivity index (χ1v) is 9.62. The van der Waals surface area contributed by atoms with Crippen molar-refractivity contribution >= 4 is 28.8 Å². The molecule has 144 valence electrons. The van der Waals surface area contributed by atoms with E-state index in [0.29, 0.717) is 22.8 Å². The molecule has 1 amide bonds. The average Bonchev–Trinajstić information content (AvgIpc) is 3.13. The average molecular weight is 403 g/mol. The first kappa shape index (κ1) is 19.0. The molecule has 29 heavy (non-hydrogen) atoms. The minimum absolute atomic E-state index is 0.354. The summed E-state index contributed by atoms with van der Waals surface area (Å²) in [7, 11) is 1.64. The van der Waals surface area contributed by atoms with E-state index >= 15 is 0 Å². The van der Waals surface area contributed by atoms with E-state index in [1.54, 1.807) is 29.8 Å². The highest BCUT2D eigenvalue weighted by Crippen LogP contribution is 2.29. The summed E-state index contributed by atoms with van der Waals surface area (Å²) in [5.74, 6) is -1.09. The van der Waals surface area contributed by atoms with Gasteiger partial charge in [-0.05, 0) is 41.5 Å². The number of nitrogens with zero attached hydrogens (tertiary/aromatic N) is 2. The monoisotopic (exact) mass is 402 g/mol. The summed E-state index contributed by atoms with van der Waals surface area (Å²) >= 11 is 6.02. The number of carbonyl (C=O) groups is 2. The Balaban J connectivity index is 1.73. The first-order chi connectivity index (χ1) is 14.0. The molecule has 0 aliphatic carbocycles. The molecule has 4 nitrogen and oxygen atoms in total. The van der Waals surface area contributed by atoms with Crippen LogP contribution in [0.15, 0.2) is 85.1 Å². The number of pyridine rings is 1. The highest BCUT2D eigenvalue weighted by molar-refractivity contribution is 6.43.